The van der Waals surface area contributed by atoms with E-state index < -0.39 is 0 Å². The Balaban J connectivity index is 1.76. The van der Waals surface area contributed by atoms with Gasteiger partial charge in [-0.3, -0.25) is 4.79 Å². The van der Waals surface area contributed by atoms with Crippen LogP contribution >= 0.6 is 0 Å². The quantitative estimate of drug-likeness (QED) is 0.876. The Bertz CT molecular complexity index is 766. The van der Waals surface area contributed by atoms with Crippen molar-refractivity contribution in [2.75, 3.05) is 5.32 Å². The Morgan fingerprint density at radius 2 is 1.80 bits per heavy atom. The van der Waals surface area contributed by atoms with Crippen LogP contribution in [0, 0.1) is 20.8 Å². The smallest absolute Gasteiger partial charge is 0.270 e. The second-order valence-corrected chi connectivity index (χ2v) is 6.97. The lowest BCUT2D eigenvalue weighted by atomic mass is 9.95. The lowest BCUT2D eigenvalue weighted by molar-refractivity contribution is 0.0922. The summed E-state index contributed by atoms with van der Waals surface area (Å²) in [5.74, 6) is 0.349. The minimum absolute atomic E-state index is 0.110. The molecule has 0 saturated heterocycles. The molecule has 1 aromatic carbocycles. The molecule has 1 saturated carbocycles. The van der Waals surface area contributed by atoms with Crippen LogP contribution in [-0.4, -0.2) is 21.9 Å². The molecule has 5 heteroatoms. The van der Waals surface area contributed by atoms with E-state index in [-0.39, 0.29) is 11.9 Å². The van der Waals surface area contributed by atoms with Crippen LogP contribution in [-0.2, 0) is 0 Å². The van der Waals surface area contributed by atoms with Gasteiger partial charge in [-0.15, -0.1) is 0 Å². The topological polar surface area (TPSA) is 66.9 Å². The zero-order valence-electron chi connectivity index (χ0n) is 15.2. The highest BCUT2D eigenvalue weighted by Crippen LogP contribution is 2.20. The van der Waals surface area contributed by atoms with Crippen molar-refractivity contribution in [3.63, 3.8) is 0 Å². The summed E-state index contributed by atoms with van der Waals surface area (Å²) in [6.45, 7) is 5.99. The van der Waals surface area contributed by atoms with Crippen molar-refractivity contribution in [2.24, 2.45) is 0 Å². The molecule has 0 aliphatic heterocycles. The normalized spacial score (nSPS) is 15.0. The van der Waals surface area contributed by atoms with Crippen LogP contribution in [0.25, 0.3) is 0 Å². The number of anilines is 2. The van der Waals surface area contributed by atoms with Gasteiger partial charge in [-0.05, 0) is 51.3 Å². The second kappa shape index (κ2) is 7.64. The zero-order chi connectivity index (χ0) is 17.8. The molecule has 1 aliphatic carbocycles. The molecular weight excluding hydrogens is 312 g/mol. The van der Waals surface area contributed by atoms with Crippen LogP contribution in [0.5, 0.6) is 0 Å². The van der Waals surface area contributed by atoms with Crippen LogP contribution in [0.4, 0.5) is 11.6 Å². The molecule has 1 heterocycles. The van der Waals surface area contributed by atoms with E-state index in [1.54, 1.807) is 6.07 Å². The molecule has 0 atom stereocenters. The molecule has 1 aromatic heterocycles. The number of nitrogens with one attached hydrogen (secondary N) is 2. The predicted octanol–water partition coefficient (Wildman–Crippen LogP) is 4.21. The molecule has 0 bridgehead atoms. The lowest BCUT2D eigenvalue weighted by Gasteiger charge is -2.22. The molecule has 0 spiro atoms. The number of rotatable bonds is 4. The Morgan fingerprint density at radius 3 is 2.52 bits per heavy atom. The minimum Gasteiger partial charge on any atom is -0.348 e. The number of carbonyl (C=O) groups excluding carboxylic acids is 1. The number of hydrogen-bond donors (Lipinski definition) is 2. The first kappa shape index (κ1) is 17.4. The standard InChI is InChI=1S/C20H26N4O/c1-13-9-10-17(14(2)11-13)23-20-21-15(3)12-18(24-20)19(25)22-16-7-5-4-6-8-16/h9-12,16H,4-8H2,1-3H3,(H,22,25)(H,21,23,24). The molecule has 25 heavy (non-hydrogen) atoms. The molecule has 0 unspecified atom stereocenters. The second-order valence-electron chi connectivity index (χ2n) is 6.97. The molecule has 2 N–H and O–H groups in total. The van der Waals surface area contributed by atoms with E-state index in [0.717, 1.165) is 29.8 Å². The summed E-state index contributed by atoms with van der Waals surface area (Å²) < 4.78 is 0. The van der Waals surface area contributed by atoms with Gasteiger partial charge >= 0.3 is 0 Å². The van der Waals surface area contributed by atoms with Crippen molar-refractivity contribution in [3.8, 4) is 0 Å². The van der Waals surface area contributed by atoms with E-state index in [4.69, 9.17) is 0 Å². The maximum atomic E-state index is 12.6. The fraction of sp³-hybridized carbons (Fsp3) is 0.450. The molecule has 1 aliphatic rings. The molecule has 5 nitrogen and oxygen atoms in total. The summed E-state index contributed by atoms with van der Waals surface area (Å²) in [7, 11) is 0. The fourth-order valence-corrected chi connectivity index (χ4v) is 3.32. The van der Waals surface area contributed by atoms with Crippen molar-refractivity contribution >= 4 is 17.5 Å². The van der Waals surface area contributed by atoms with Crippen LogP contribution in [0.2, 0.25) is 0 Å². The molecular formula is C20H26N4O. The summed E-state index contributed by atoms with van der Waals surface area (Å²) in [5, 5.41) is 6.35. The third-order valence-electron chi connectivity index (χ3n) is 4.66. The van der Waals surface area contributed by atoms with Gasteiger partial charge in [0, 0.05) is 17.4 Å². The summed E-state index contributed by atoms with van der Waals surface area (Å²) in [5.41, 5.74) is 4.48. The van der Waals surface area contributed by atoms with Gasteiger partial charge in [-0.25, -0.2) is 9.97 Å². The summed E-state index contributed by atoms with van der Waals surface area (Å²) in [4.78, 5) is 21.4. The SMILES string of the molecule is Cc1ccc(Nc2nc(C)cc(C(=O)NC3CCCCC3)n2)c(C)c1. The monoisotopic (exact) mass is 338 g/mol. The van der Waals surface area contributed by atoms with Gasteiger partial charge in [0.1, 0.15) is 5.69 Å². The minimum atomic E-state index is -0.110. The van der Waals surface area contributed by atoms with Gasteiger partial charge in [0.05, 0.1) is 0 Å². The van der Waals surface area contributed by atoms with Gasteiger partial charge in [-0.1, -0.05) is 37.0 Å². The average Bonchev–Trinajstić information content (AvgIpc) is 2.58. The number of hydrogen-bond acceptors (Lipinski definition) is 4. The highest BCUT2D eigenvalue weighted by atomic mass is 16.1. The van der Waals surface area contributed by atoms with Gasteiger partial charge < -0.3 is 10.6 Å². The van der Waals surface area contributed by atoms with Gasteiger partial charge in [0.15, 0.2) is 0 Å². The summed E-state index contributed by atoms with van der Waals surface area (Å²) >= 11 is 0. The maximum absolute atomic E-state index is 12.6. The third-order valence-corrected chi connectivity index (χ3v) is 4.66. The van der Waals surface area contributed by atoms with Crippen molar-refractivity contribution < 1.29 is 4.79 Å². The highest BCUT2D eigenvalue weighted by molar-refractivity contribution is 5.92. The van der Waals surface area contributed by atoms with Crippen molar-refractivity contribution in [2.45, 2.75) is 58.9 Å². The third kappa shape index (κ3) is 4.56. The predicted molar refractivity (Wildman–Crippen MR) is 100 cm³/mol. The fourth-order valence-electron chi connectivity index (χ4n) is 3.32. The van der Waals surface area contributed by atoms with E-state index >= 15 is 0 Å². The highest BCUT2D eigenvalue weighted by Gasteiger charge is 2.18. The number of aryl methyl sites for hydroxylation is 3. The van der Waals surface area contributed by atoms with Gasteiger partial charge in [0.2, 0.25) is 5.95 Å². The lowest BCUT2D eigenvalue weighted by Crippen LogP contribution is -2.36. The van der Waals surface area contributed by atoms with Gasteiger partial charge in [0.25, 0.3) is 5.91 Å². The first-order chi connectivity index (χ1) is 12.0. The Labute approximate surface area is 149 Å². The molecule has 0 radical (unpaired) electrons. The number of benzene rings is 1. The molecule has 2 aromatic rings. The van der Waals surface area contributed by atoms with Crippen LogP contribution in [0.15, 0.2) is 24.3 Å². The van der Waals surface area contributed by atoms with E-state index in [0.29, 0.717) is 11.6 Å². The van der Waals surface area contributed by atoms with Crippen LogP contribution in [0.1, 0.15) is 59.4 Å². The first-order valence-corrected chi connectivity index (χ1v) is 9.02. The number of nitrogens with zero attached hydrogens (tertiary/aromatic N) is 2. The van der Waals surface area contributed by atoms with Gasteiger partial charge in [-0.2, -0.15) is 0 Å². The average molecular weight is 338 g/mol. The number of aromatic nitrogens is 2. The summed E-state index contributed by atoms with van der Waals surface area (Å²) in [6, 6.07) is 8.17. The Morgan fingerprint density at radius 1 is 1.04 bits per heavy atom. The number of amides is 1. The zero-order valence-corrected chi connectivity index (χ0v) is 15.2. The number of carbonyl (C=O) groups is 1. The molecule has 132 valence electrons. The van der Waals surface area contributed by atoms with Crippen molar-refractivity contribution in [3.05, 3.63) is 46.8 Å². The Hall–Kier alpha value is -2.43. The van der Waals surface area contributed by atoms with Crippen molar-refractivity contribution in [1.29, 1.82) is 0 Å². The van der Waals surface area contributed by atoms with E-state index in [1.807, 2.05) is 26.0 Å². The van der Waals surface area contributed by atoms with Crippen LogP contribution < -0.4 is 10.6 Å². The van der Waals surface area contributed by atoms with Crippen molar-refractivity contribution in [1.82, 2.24) is 15.3 Å². The maximum Gasteiger partial charge on any atom is 0.270 e. The summed E-state index contributed by atoms with van der Waals surface area (Å²) in [6.07, 6.45) is 5.76. The Kier molecular flexibility index (Phi) is 5.31. The molecule has 1 amide bonds. The largest absolute Gasteiger partial charge is 0.348 e. The van der Waals surface area contributed by atoms with E-state index in [1.165, 1.54) is 24.8 Å². The first-order valence-electron chi connectivity index (χ1n) is 9.02. The van der Waals surface area contributed by atoms with E-state index in [2.05, 4.69) is 33.6 Å². The van der Waals surface area contributed by atoms with Crippen LogP contribution in [0.3, 0.4) is 0 Å². The molecule has 3 rings (SSSR count). The van der Waals surface area contributed by atoms with E-state index in [9.17, 15) is 4.79 Å². The molecule has 1 fully saturated rings.